The van der Waals surface area contributed by atoms with Gasteiger partial charge in [0.15, 0.2) is 0 Å². The summed E-state index contributed by atoms with van der Waals surface area (Å²) in [5.74, 6) is 0.575. The summed E-state index contributed by atoms with van der Waals surface area (Å²) in [5, 5.41) is 0. The second-order valence-corrected chi connectivity index (χ2v) is 7.53. The maximum Gasteiger partial charge on any atom is 0.264 e. The van der Waals surface area contributed by atoms with Gasteiger partial charge in [-0.15, -0.1) is 0 Å². The fourth-order valence-electron chi connectivity index (χ4n) is 2.55. The summed E-state index contributed by atoms with van der Waals surface area (Å²) in [6.45, 7) is 2.21. The van der Waals surface area contributed by atoms with Gasteiger partial charge in [0.25, 0.3) is 10.0 Å². The van der Waals surface area contributed by atoms with Crippen LogP contribution in [0.1, 0.15) is 42.6 Å². The number of aromatic nitrogens is 2. The Balaban J connectivity index is 1.93. The van der Waals surface area contributed by atoms with Crippen molar-refractivity contribution >= 4 is 16.0 Å². The van der Waals surface area contributed by atoms with Crippen LogP contribution in [0, 0.1) is 0 Å². The van der Waals surface area contributed by atoms with Crippen LogP contribution in [0.15, 0.2) is 35.2 Å². The predicted molar refractivity (Wildman–Crippen MR) is 91.3 cm³/mol. The molecule has 1 saturated carbocycles. The fourth-order valence-corrected chi connectivity index (χ4v) is 3.72. The van der Waals surface area contributed by atoms with Crippen molar-refractivity contribution < 1.29 is 13.2 Å². The summed E-state index contributed by atoms with van der Waals surface area (Å²) in [7, 11) is -2.23. The van der Waals surface area contributed by atoms with Gasteiger partial charge in [-0.2, -0.15) is 0 Å². The van der Waals surface area contributed by atoms with Gasteiger partial charge in [-0.3, -0.25) is 0 Å². The summed E-state index contributed by atoms with van der Waals surface area (Å²) in [6.07, 6.45) is 2.93. The molecule has 3 rings (SSSR count). The molecule has 0 aliphatic heterocycles. The molecule has 128 valence electrons. The van der Waals surface area contributed by atoms with Gasteiger partial charge in [-0.1, -0.05) is 25.1 Å². The Morgan fingerprint density at radius 3 is 2.67 bits per heavy atom. The van der Waals surface area contributed by atoms with Crippen molar-refractivity contribution in [3.8, 4) is 0 Å². The van der Waals surface area contributed by atoms with Crippen LogP contribution in [0.5, 0.6) is 0 Å². The lowest BCUT2D eigenvalue weighted by Gasteiger charge is -2.12. The first kappa shape index (κ1) is 16.9. The Bertz CT molecular complexity index is 833. The number of ether oxygens (including phenoxy) is 1. The molecule has 7 heteroatoms. The lowest BCUT2D eigenvalue weighted by Crippen LogP contribution is -2.18. The number of hydrogen-bond acceptors (Lipinski definition) is 5. The van der Waals surface area contributed by atoms with Crippen LogP contribution in [0.2, 0.25) is 0 Å². The van der Waals surface area contributed by atoms with E-state index in [-0.39, 0.29) is 17.5 Å². The molecular weight excluding hydrogens is 326 g/mol. The van der Waals surface area contributed by atoms with Crippen LogP contribution in [0.4, 0.5) is 5.95 Å². The van der Waals surface area contributed by atoms with Crippen molar-refractivity contribution in [2.75, 3.05) is 11.8 Å². The summed E-state index contributed by atoms with van der Waals surface area (Å²) < 4.78 is 33.1. The zero-order chi connectivity index (χ0) is 17.2. The van der Waals surface area contributed by atoms with Crippen LogP contribution >= 0.6 is 0 Å². The van der Waals surface area contributed by atoms with E-state index in [9.17, 15) is 8.42 Å². The van der Waals surface area contributed by atoms with E-state index < -0.39 is 10.0 Å². The summed E-state index contributed by atoms with van der Waals surface area (Å²) >= 11 is 0. The van der Waals surface area contributed by atoms with Crippen molar-refractivity contribution in [3.63, 3.8) is 0 Å². The van der Waals surface area contributed by atoms with Gasteiger partial charge in [0, 0.05) is 24.4 Å². The molecular formula is C17H21N3O3S. The monoisotopic (exact) mass is 347 g/mol. The number of anilines is 1. The van der Waals surface area contributed by atoms with Crippen molar-refractivity contribution in [2.45, 2.75) is 43.6 Å². The molecule has 0 spiro atoms. The normalized spacial score (nSPS) is 14.6. The number of methoxy groups -OCH3 is 1. The molecule has 1 aliphatic carbocycles. The fraction of sp³-hybridized carbons (Fsp3) is 0.412. The Morgan fingerprint density at radius 2 is 2.00 bits per heavy atom. The second kappa shape index (κ2) is 6.86. The number of benzene rings is 1. The topological polar surface area (TPSA) is 81.2 Å². The summed E-state index contributed by atoms with van der Waals surface area (Å²) in [5.41, 5.74) is 2.36. The molecule has 0 bridgehead atoms. The van der Waals surface area contributed by atoms with Crippen molar-refractivity contribution in [1.29, 1.82) is 0 Å². The van der Waals surface area contributed by atoms with E-state index in [1.807, 2.05) is 13.0 Å². The van der Waals surface area contributed by atoms with E-state index in [0.29, 0.717) is 11.5 Å². The van der Waals surface area contributed by atoms with E-state index in [2.05, 4.69) is 14.7 Å². The molecule has 0 amide bonds. The van der Waals surface area contributed by atoms with E-state index >= 15 is 0 Å². The van der Waals surface area contributed by atoms with Gasteiger partial charge in [-0.25, -0.2) is 23.1 Å². The van der Waals surface area contributed by atoms with Gasteiger partial charge in [0.2, 0.25) is 5.95 Å². The van der Waals surface area contributed by atoms with Crippen LogP contribution in [-0.2, 0) is 27.8 Å². The molecule has 1 N–H and O–H groups in total. The molecule has 6 nitrogen and oxygen atoms in total. The Labute approximate surface area is 142 Å². The Morgan fingerprint density at radius 1 is 1.25 bits per heavy atom. The van der Waals surface area contributed by atoms with Gasteiger partial charge in [0.1, 0.15) is 0 Å². The summed E-state index contributed by atoms with van der Waals surface area (Å²) in [4.78, 5) is 8.90. The quantitative estimate of drug-likeness (QED) is 0.833. The van der Waals surface area contributed by atoms with Crippen LogP contribution in [0.3, 0.4) is 0 Å². The smallest absolute Gasteiger partial charge is 0.264 e. The molecule has 0 radical (unpaired) electrons. The molecule has 1 aromatic carbocycles. The minimum atomic E-state index is -3.77. The zero-order valence-electron chi connectivity index (χ0n) is 13.8. The van der Waals surface area contributed by atoms with Crippen molar-refractivity contribution in [2.24, 2.45) is 0 Å². The molecule has 2 aromatic rings. The first-order valence-corrected chi connectivity index (χ1v) is 9.49. The standard InChI is InChI=1S/C17H21N3O3S/c1-3-14-10-15(12-8-9-12)19-17(18-14)20-24(21,22)16-7-5-4-6-13(16)11-23-2/h4-7,10,12H,3,8-9,11H2,1-2H3,(H,18,19,20). The molecule has 1 aliphatic rings. The maximum atomic E-state index is 12.7. The number of sulfonamides is 1. The highest BCUT2D eigenvalue weighted by molar-refractivity contribution is 7.92. The predicted octanol–water partition coefficient (Wildman–Crippen LogP) is 2.86. The molecule has 1 heterocycles. The lowest BCUT2D eigenvalue weighted by molar-refractivity contribution is 0.182. The first-order valence-electron chi connectivity index (χ1n) is 8.01. The SMILES string of the molecule is CCc1cc(C2CC2)nc(NS(=O)(=O)c2ccccc2COC)n1. The number of rotatable bonds is 7. The summed E-state index contributed by atoms with van der Waals surface area (Å²) in [6, 6.07) is 8.73. The Hall–Kier alpha value is -1.99. The highest BCUT2D eigenvalue weighted by Crippen LogP contribution is 2.39. The van der Waals surface area contributed by atoms with Crippen molar-refractivity contribution in [3.05, 3.63) is 47.3 Å². The second-order valence-electron chi connectivity index (χ2n) is 5.88. The van der Waals surface area contributed by atoms with Gasteiger partial charge in [-0.05, 0) is 37.0 Å². The molecule has 1 aromatic heterocycles. The van der Waals surface area contributed by atoms with Gasteiger partial charge < -0.3 is 4.74 Å². The molecule has 0 atom stereocenters. The largest absolute Gasteiger partial charge is 0.380 e. The first-order chi connectivity index (χ1) is 11.5. The number of nitrogens with one attached hydrogen (secondary N) is 1. The van der Waals surface area contributed by atoms with E-state index in [1.165, 1.54) is 7.11 Å². The average Bonchev–Trinajstić information content (AvgIpc) is 3.40. The van der Waals surface area contributed by atoms with E-state index in [4.69, 9.17) is 4.74 Å². The maximum absolute atomic E-state index is 12.7. The lowest BCUT2D eigenvalue weighted by atomic mass is 10.2. The van der Waals surface area contributed by atoms with Gasteiger partial charge in [0.05, 0.1) is 11.5 Å². The third-order valence-corrected chi connectivity index (χ3v) is 5.37. The number of hydrogen-bond donors (Lipinski definition) is 1. The van der Waals surface area contributed by atoms with Crippen molar-refractivity contribution in [1.82, 2.24) is 9.97 Å². The van der Waals surface area contributed by atoms with E-state index in [1.54, 1.807) is 24.3 Å². The highest BCUT2D eigenvalue weighted by atomic mass is 32.2. The highest BCUT2D eigenvalue weighted by Gasteiger charge is 2.27. The number of nitrogens with zero attached hydrogens (tertiary/aromatic N) is 2. The van der Waals surface area contributed by atoms with Crippen LogP contribution in [0.25, 0.3) is 0 Å². The van der Waals surface area contributed by atoms with E-state index in [0.717, 1.165) is 30.7 Å². The zero-order valence-corrected chi connectivity index (χ0v) is 14.6. The van der Waals surface area contributed by atoms with Crippen LogP contribution in [-0.4, -0.2) is 25.5 Å². The third kappa shape index (κ3) is 3.73. The van der Waals surface area contributed by atoms with Crippen LogP contribution < -0.4 is 4.72 Å². The van der Waals surface area contributed by atoms with Gasteiger partial charge >= 0.3 is 0 Å². The number of aryl methyl sites for hydroxylation is 1. The average molecular weight is 347 g/mol. The molecule has 0 unspecified atom stereocenters. The molecule has 1 fully saturated rings. The Kier molecular flexibility index (Phi) is 4.82. The minimum Gasteiger partial charge on any atom is -0.380 e. The molecule has 0 saturated heterocycles. The molecule has 24 heavy (non-hydrogen) atoms. The minimum absolute atomic E-state index is 0.142. The third-order valence-electron chi connectivity index (χ3n) is 3.94.